The maximum Gasteiger partial charge on any atom is 0.337 e. The molecule has 34 heavy (non-hydrogen) atoms. The van der Waals surface area contributed by atoms with E-state index in [9.17, 15) is 17.8 Å². The molecule has 0 radical (unpaired) electrons. The molecule has 0 bridgehead atoms. The molecule has 0 amide bonds. The highest BCUT2D eigenvalue weighted by molar-refractivity contribution is 7.89. The number of hydrogen-bond acceptors (Lipinski definition) is 7. The predicted molar refractivity (Wildman–Crippen MR) is 135 cm³/mol. The first kappa shape index (κ1) is 26.3. The number of hydrogen-bond donors (Lipinski definition) is 1. The largest absolute Gasteiger partial charge is 0.466 e. The molecule has 186 valence electrons. The van der Waals surface area contributed by atoms with Gasteiger partial charge in [0.05, 0.1) is 17.6 Å². The van der Waals surface area contributed by atoms with Crippen molar-refractivity contribution in [2.24, 2.45) is 5.92 Å². The Morgan fingerprint density at radius 1 is 1.21 bits per heavy atom. The lowest BCUT2D eigenvalue weighted by Crippen LogP contribution is -2.26. The fourth-order valence-electron chi connectivity index (χ4n) is 4.44. The number of fused-ring (bicyclic) bond motifs is 1. The lowest BCUT2D eigenvalue weighted by Gasteiger charge is -2.18. The van der Waals surface area contributed by atoms with E-state index in [1.807, 2.05) is 43.3 Å². The first-order valence-corrected chi connectivity index (χ1v) is 14.9. The zero-order valence-corrected chi connectivity index (χ0v) is 22.0. The number of nitrogens with zero attached hydrogens (tertiary/aromatic N) is 1. The van der Waals surface area contributed by atoms with Crippen LogP contribution < -0.4 is 9.62 Å². The predicted octanol–water partition coefficient (Wildman–Crippen LogP) is 4.36. The third-order valence-electron chi connectivity index (χ3n) is 6.06. The van der Waals surface area contributed by atoms with Gasteiger partial charge in [-0.1, -0.05) is 24.3 Å². The summed E-state index contributed by atoms with van der Waals surface area (Å²) in [6.45, 7) is 3.40. The van der Waals surface area contributed by atoms with E-state index < -0.39 is 23.4 Å². The smallest absolute Gasteiger partial charge is 0.337 e. The molecule has 1 heterocycles. The van der Waals surface area contributed by atoms with E-state index in [2.05, 4.69) is 4.72 Å². The van der Waals surface area contributed by atoms with Gasteiger partial charge in [0.25, 0.3) is 0 Å². The average Bonchev–Trinajstić information content (AvgIpc) is 2.89. The number of ether oxygens (including phenoxy) is 1. The molecule has 1 aliphatic rings. The molecule has 2 aromatic carbocycles. The summed E-state index contributed by atoms with van der Waals surface area (Å²) < 4.78 is 52.0. The number of sulfonamides is 1. The number of carbonyl (C=O) groups excluding carboxylic acids is 1. The van der Waals surface area contributed by atoms with Crippen molar-refractivity contribution in [1.82, 2.24) is 4.72 Å². The highest BCUT2D eigenvalue weighted by Gasteiger charge is 2.33. The fourth-order valence-corrected chi connectivity index (χ4v) is 7.28. The molecule has 0 spiro atoms. The van der Waals surface area contributed by atoms with Crippen molar-refractivity contribution < 1.29 is 27.0 Å². The summed E-state index contributed by atoms with van der Waals surface area (Å²) in [7, 11) is -1.44. The molecule has 0 saturated carbocycles. The van der Waals surface area contributed by atoms with Crippen molar-refractivity contribution in [3.63, 3.8) is 0 Å². The first-order valence-electron chi connectivity index (χ1n) is 11.2. The van der Waals surface area contributed by atoms with E-state index in [1.54, 1.807) is 25.7 Å². The van der Waals surface area contributed by atoms with Gasteiger partial charge in [-0.15, -0.1) is 0 Å². The number of esters is 1. The van der Waals surface area contributed by atoms with Crippen LogP contribution in [0.1, 0.15) is 26.2 Å². The highest BCUT2D eigenvalue weighted by atomic mass is 32.2. The van der Waals surface area contributed by atoms with Gasteiger partial charge in [-0.3, -0.25) is 4.57 Å². The van der Waals surface area contributed by atoms with Crippen LogP contribution in [0.15, 0.2) is 52.6 Å². The minimum Gasteiger partial charge on any atom is -0.466 e. The van der Waals surface area contributed by atoms with Crippen LogP contribution in [-0.2, 0) is 28.6 Å². The van der Waals surface area contributed by atoms with Gasteiger partial charge in [-0.05, 0) is 44.2 Å². The summed E-state index contributed by atoms with van der Waals surface area (Å²) in [5.74, 6) is -0.390. The zero-order chi connectivity index (χ0) is 25.1. The van der Waals surface area contributed by atoms with Gasteiger partial charge in [-0.25, -0.2) is 17.9 Å². The maximum absolute atomic E-state index is 13.1. The van der Waals surface area contributed by atoms with Crippen LogP contribution in [0.4, 0.5) is 5.69 Å². The molecular weight excluding hydrogens is 475 g/mol. The van der Waals surface area contributed by atoms with Crippen LogP contribution >= 0.6 is 7.37 Å². The van der Waals surface area contributed by atoms with Gasteiger partial charge in [-0.2, -0.15) is 0 Å². The average molecular weight is 509 g/mol. The number of methoxy groups -OCH3 is 1. The van der Waals surface area contributed by atoms with Crippen LogP contribution in [0.3, 0.4) is 0 Å². The van der Waals surface area contributed by atoms with Crippen LogP contribution in [-0.4, -0.2) is 55.0 Å². The molecule has 8 nitrogen and oxygen atoms in total. The van der Waals surface area contributed by atoms with Crippen molar-refractivity contribution in [2.75, 3.05) is 45.5 Å². The molecule has 10 heteroatoms. The number of nitrogens with one attached hydrogen (secondary N) is 1. The Balaban J connectivity index is 1.74. The molecule has 2 unspecified atom stereocenters. The van der Waals surface area contributed by atoms with Crippen LogP contribution in [0, 0.1) is 5.92 Å². The number of allylic oxidation sites excluding steroid dienone is 1. The van der Waals surface area contributed by atoms with Crippen LogP contribution in [0.5, 0.6) is 0 Å². The van der Waals surface area contributed by atoms with Gasteiger partial charge in [0, 0.05) is 49.9 Å². The van der Waals surface area contributed by atoms with E-state index in [4.69, 9.17) is 9.26 Å². The Morgan fingerprint density at radius 3 is 2.56 bits per heavy atom. The summed E-state index contributed by atoms with van der Waals surface area (Å²) in [4.78, 5) is 14.5. The second-order valence-electron chi connectivity index (χ2n) is 8.84. The molecule has 2 atom stereocenters. The summed E-state index contributed by atoms with van der Waals surface area (Å²) in [6, 6.07) is 10.9. The fraction of sp³-hybridized carbons (Fsp3) is 0.458. The highest BCUT2D eigenvalue weighted by Crippen LogP contribution is 2.50. The van der Waals surface area contributed by atoms with Crippen molar-refractivity contribution in [3.05, 3.63) is 47.7 Å². The standard InChI is InChI=1S/C24H33N2O6PS/c1-17-23(24(27)31-4)18(14-16-33(5,28)32-17)9-8-15-25-34(29,30)22-13-7-10-19-20(22)11-6-12-21(19)26(2)3/h6-7,10-13,18,25H,8-9,14-16H2,1-5H3. The van der Waals surface area contributed by atoms with Crippen molar-refractivity contribution in [2.45, 2.75) is 31.1 Å². The SMILES string of the molecule is COC(=O)C1=C(C)OP(C)(=O)CCC1CCCNS(=O)(=O)c1cccc2c(N(C)C)cccc12. The van der Waals surface area contributed by atoms with Gasteiger partial charge >= 0.3 is 5.97 Å². The molecule has 0 aromatic heterocycles. The third-order valence-corrected chi connectivity index (χ3v) is 9.31. The van der Waals surface area contributed by atoms with Crippen molar-refractivity contribution >= 4 is 39.8 Å². The molecule has 1 N–H and O–H groups in total. The molecule has 1 aliphatic heterocycles. The Morgan fingerprint density at radius 2 is 1.88 bits per heavy atom. The summed E-state index contributed by atoms with van der Waals surface area (Å²) in [5, 5.41) is 1.52. The molecule has 2 aromatic rings. The van der Waals surface area contributed by atoms with E-state index >= 15 is 0 Å². The van der Waals surface area contributed by atoms with E-state index in [0.29, 0.717) is 42.1 Å². The number of rotatable bonds is 8. The van der Waals surface area contributed by atoms with Crippen LogP contribution in [0.25, 0.3) is 10.8 Å². The quantitative estimate of drug-likeness (QED) is 0.321. The lowest BCUT2D eigenvalue weighted by molar-refractivity contribution is -0.137. The van der Waals surface area contributed by atoms with Crippen LogP contribution in [0.2, 0.25) is 0 Å². The minimum atomic E-state index is -3.74. The number of carbonyl (C=O) groups is 1. The first-order chi connectivity index (χ1) is 16.0. The second-order valence-corrected chi connectivity index (χ2v) is 13.2. The van der Waals surface area contributed by atoms with Gasteiger partial charge in [0.15, 0.2) is 0 Å². The Hall–Kier alpha value is -2.35. The third kappa shape index (κ3) is 5.82. The summed E-state index contributed by atoms with van der Waals surface area (Å²) in [5.41, 5.74) is 1.33. The minimum absolute atomic E-state index is 0.209. The maximum atomic E-state index is 13.1. The summed E-state index contributed by atoms with van der Waals surface area (Å²) in [6.07, 6.45) is 1.90. The molecule has 3 rings (SSSR count). The number of benzene rings is 2. The van der Waals surface area contributed by atoms with Gasteiger partial charge in [0.1, 0.15) is 5.76 Å². The lowest BCUT2D eigenvalue weighted by atomic mass is 9.90. The topological polar surface area (TPSA) is 102 Å². The van der Waals surface area contributed by atoms with E-state index in [-0.39, 0.29) is 17.4 Å². The zero-order valence-electron chi connectivity index (χ0n) is 20.3. The Kier molecular flexibility index (Phi) is 8.11. The van der Waals surface area contributed by atoms with Gasteiger partial charge < -0.3 is 14.2 Å². The normalized spacial score (nSPS) is 21.1. The molecule has 0 aliphatic carbocycles. The van der Waals surface area contributed by atoms with Gasteiger partial charge in [0.2, 0.25) is 17.4 Å². The van der Waals surface area contributed by atoms with Crippen molar-refractivity contribution in [3.8, 4) is 0 Å². The number of anilines is 1. The Labute approximate surface area is 201 Å². The molecule has 0 saturated heterocycles. The Bertz CT molecular complexity index is 1260. The molecular formula is C24H33N2O6PS. The van der Waals surface area contributed by atoms with E-state index in [1.165, 1.54) is 7.11 Å². The monoisotopic (exact) mass is 508 g/mol. The van der Waals surface area contributed by atoms with Crippen molar-refractivity contribution in [1.29, 1.82) is 0 Å². The molecule has 0 fully saturated rings. The summed E-state index contributed by atoms with van der Waals surface area (Å²) >= 11 is 0. The second kappa shape index (κ2) is 10.5. The van der Waals surface area contributed by atoms with E-state index in [0.717, 1.165) is 11.1 Å².